The summed E-state index contributed by atoms with van der Waals surface area (Å²) in [5.74, 6) is 0. The van der Waals surface area contributed by atoms with Gasteiger partial charge in [0.25, 0.3) is 0 Å². The van der Waals surface area contributed by atoms with Gasteiger partial charge in [0.05, 0.1) is 5.69 Å². The van der Waals surface area contributed by atoms with E-state index in [4.69, 9.17) is 5.73 Å². The van der Waals surface area contributed by atoms with Crippen molar-refractivity contribution in [3.63, 3.8) is 0 Å². The molecule has 2 aromatic rings. The molecule has 0 aromatic heterocycles. The minimum absolute atomic E-state index is 0.842. The van der Waals surface area contributed by atoms with Gasteiger partial charge < -0.3 is 5.73 Å². The molecule has 0 bridgehead atoms. The summed E-state index contributed by atoms with van der Waals surface area (Å²) in [5, 5.41) is 0. The summed E-state index contributed by atoms with van der Waals surface area (Å²) in [7, 11) is -1.15. The Morgan fingerprint density at radius 2 is 1.92 bits per heavy atom. The van der Waals surface area contributed by atoms with Crippen molar-refractivity contribution in [3.05, 3.63) is 58.7 Å². The Kier molecular flexibility index (Phi) is 5.70. The fourth-order valence-electron chi connectivity index (χ4n) is 3.27. The summed E-state index contributed by atoms with van der Waals surface area (Å²) in [5.41, 5.74) is 13.2. The van der Waals surface area contributed by atoms with Gasteiger partial charge in [-0.3, -0.25) is 9.66 Å². The maximum absolute atomic E-state index is 6.26. The van der Waals surface area contributed by atoms with Crippen molar-refractivity contribution in [2.75, 3.05) is 31.6 Å². The zero-order chi connectivity index (χ0) is 18.7. The summed E-state index contributed by atoms with van der Waals surface area (Å²) in [6, 6.07) is 13.0. The first-order valence-electron chi connectivity index (χ1n) is 9.30. The van der Waals surface area contributed by atoms with Crippen molar-refractivity contribution in [1.82, 2.24) is 4.67 Å². The molecule has 26 heavy (non-hydrogen) atoms. The third-order valence-electron chi connectivity index (χ3n) is 5.13. The number of nitrogen functional groups attached to an aromatic ring is 1. The molecule has 4 heteroatoms. The van der Waals surface area contributed by atoms with Crippen LogP contribution in [0.15, 0.2) is 41.4 Å². The predicted octanol–water partition coefficient (Wildman–Crippen LogP) is 4.74. The van der Waals surface area contributed by atoms with Crippen molar-refractivity contribution in [2.45, 2.75) is 26.7 Å². The molecule has 1 atom stereocenters. The van der Waals surface area contributed by atoms with Crippen molar-refractivity contribution in [3.8, 4) is 0 Å². The second-order valence-electron chi connectivity index (χ2n) is 7.48. The van der Waals surface area contributed by atoms with Crippen LogP contribution in [0.3, 0.4) is 0 Å². The minimum atomic E-state index is -1.15. The van der Waals surface area contributed by atoms with Gasteiger partial charge in [-0.2, -0.15) is 0 Å². The monoisotopic (exact) mass is 367 g/mol. The third kappa shape index (κ3) is 4.66. The first-order chi connectivity index (χ1) is 12.4. The normalized spacial score (nSPS) is 16.7. The van der Waals surface area contributed by atoms with E-state index in [9.17, 15) is 0 Å². The smallest absolute Gasteiger partial charge is 0.0657 e. The molecule has 0 spiro atoms. The molecule has 1 unspecified atom stereocenters. The number of anilines is 1. The van der Waals surface area contributed by atoms with Gasteiger partial charge >= 0.3 is 0 Å². The molecule has 1 heterocycles. The summed E-state index contributed by atoms with van der Waals surface area (Å²) in [6.45, 7) is 8.86. The van der Waals surface area contributed by atoms with E-state index in [1.165, 1.54) is 41.5 Å². The lowest BCUT2D eigenvalue weighted by atomic mass is 9.99. The highest BCUT2D eigenvalue weighted by Crippen LogP contribution is 2.49. The number of aryl methyl sites for hydroxylation is 2. The number of rotatable bonds is 7. The highest BCUT2D eigenvalue weighted by molar-refractivity contribution is 7.71. The maximum Gasteiger partial charge on any atom is 0.0657 e. The topological polar surface area (TPSA) is 41.4 Å². The lowest BCUT2D eigenvalue weighted by Gasteiger charge is -2.20. The highest BCUT2D eigenvalue weighted by Gasteiger charge is 2.27. The minimum Gasteiger partial charge on any atom is -0.398 e. The van der Waals surface area contributed by atoms with Crippen LogP contribution in [0.4, 0.5) is 11.4 Å². The van der Waals surface area contributed by atoms with Gasteiger partial charge in [-0.05, 0) is 73.9 Å². The molecule has 0 amide bonds. The largest absolute Gasteiger partial charge is 0.398 e. The number of benzene rings is 2. The average Bonchev–Trinajstić information content (AvgIpc) is 3.44. The Morgan fingerprint density at radius 1 is 1.19 bits per heavy atom. The van der Waals surface area contributed by atoms with Gasteiger partial charge in [0.15, 0.2) is 0 Å². The van der Waals surface area contributed by atoms with Gasteiger partial charge in [0.1, 0.15) is 0 Å². The Bertz CT molecular complexity index is 866. The molecule has 3 nitrogen and oxygen atoms in total. The predicted molar refractivity (Wildman–Crippen MR) is 119 cm³/mol. The van der Waals surface area contributed by atoms with E-state index in [0.29, 0.717) is 0 Å². The fraction of sp³-hybridized carbons (Fsp3) is 0.364. The average molecular weight is 367 g/mol. The van der Waals surface area contributed by atoms with Crippen LogP contribution < -0.4 is 5.73 Å². The van der Waals surface area contributed by atoms with E-state index in [-0.39, 0.29) is 0 Å². The molecule has 0 aliphatic carbocycles. The van der Waals surface area contributed by atoms with E-state index in [0.717, 1.165) is 24.2 Å². The van der Waals surface area contributed by atoms with Crippen molar-refractivity contribution in [1.29, 1.82) is 0 Å². The van der Waals surface area contributed by atoms with E-state index in [1.807, 2.05) is 13.1 Å². The number of nitrogens with two attached hydrogens (primary N) is 1. The Balaban J connectivity index is 1.75. The number of nitrogens with zero attached hydrogens (tertiary/aromatic N) is 2. The van der Waals surface area contributed by atoms with Crippen LogP contribution in [-0.4, -0.2) is 43.1 Å². The zero-order valence-electron chi connectivity index (χ0n) is 16.2. The molecule has 1 aliphatic heterocycles. The number of hydrogen-bond donors (Lipinski definition) is 1. The SMILES string of the molecule is C=P(C)(CCc1ccc(N)c(Cc2ccc(C)c(N=CC)c2)c1)N1CC1. The second-order valence-corrected chi connectivity index (χ2v) is 11.2. The van der Waals surface area contributed by atoms with Crippen LogP contribution in [0, 0.1) is 6.92 Å². The molecular weight excluding hydrogens is 337 g/mol. The first-order valence-corrected chi connectivity index (χ1v) is 11.9. The molecule has 2 N–H and O–H groups in total. The van der Waals surface area contributed by atoms with Crippen LogP contribution >= 0.6 is 7.04 Å². The summed E-state index contributed by atoms with van der Waals surface area (Å²) < 4.78 is 2.54. The molecule has 1 fully saturated rings. The van der Waals surface area contributed by atoms with E-state index < -0.39 is 7.04 Å². The van der Waals surface area contributed by atoms with Crippen LogP contribution in [0.5, 0.6) is 0 Å². The maximum atomic E-state index is 6.26. The van der Waals surface area contributed by atoms with Crippen LogP contribution in [0.1, 0.15) is 29.2 Å². The zero-order valence-corrected chi connectivity index (χ0v) is 17.1. The van der Waals surface area contributed by atoms with Crippen molar-refractivity contribution < 1.29 is 0 Å². The standard InChI is InChI=1S/C22H30N3P/c1-5-24-22-16-19(7-6-17(22)2)15-20-14-18(8-9-21(20)23)10-13-26(3,4)25-11-12-25/h5-9,14,16H,3,10-13,15,23H2,1-2,4H3. The van der Waals surface area contributed by atoms with E-state index in [2.05, 4.69) is 65.9 Å². The Hall–Kier alpha value is -1.83. The number of aliphatic imine (C=N–C) groups is 1. The number of hydrogen-bond acceptors (Lipinski definition) is 3. The molecule has 0 saturated carbocycles. The van der Waals surface area contributed by atoms with Gasteiger partial charge in [-0.1, -0.05) is 37.6 Å². The van der Waals surface area contributed by atoms with Gasteiger partial charge in [0.2, 0.25) is 0 Å². The van der Waals surface area contributed by atoms with Crippen LogP contribution in [-0.2, 0) is 12.8 Å². The molecule has 1 saturated heterocycles. The molecule has 2 aromatic carbocycles. The molecular formula is C22H30N3P. The van der Waals surface area contributed by atoms with Crippen molar-refractivity contribution in [2.24, 2.45) is 4.99 Å². The van der Waals surface area contributed by atoms with E-state index >= 15 is 0 Å². The summed E-state index contributed by atoms with van der Waals surface area (Å²) >= 11 is 0. The van der Waals surface area contributed by atoms with E-state index in [1.54, 1.807) is 0 Å². The molecule has 138 valence electrons. The molecule has 0 radical (unpaired) electrons. The Morgan fingerprint density at radius 3 is 2.62 bits per heavy atom. The summed E-state index contributed by atoms with van der Waals surface area (Å²) in [4.78, 5) is 4.46. The lowest BCUT2D eigenvalue weighted by Crippen LogP contribution is -2.03. The van der Waals surface area contributed by atoms with Crippen LogP contribution in [0.2, 0.25) is 0 Å². The van der Waals surface area contributed by atoms with Gasteiger partial charge in [-0.25, -0.2) is 0 Å². The first kappa shape index (κ1) is 18.9. The molecule has 3 rings (SSSR count). The Labute approximate surface area is 158 Å². The fourth-order valence-corrected chi connectivity index (χ4v) is 5.35. The third-order valence-corrected chi connectivity index (χ3v) is 8.09. The molecule has 1 aliphatic rings. The van der Waals surface area contributed by atoms with Gasteiger partial charge in [0, 0.05) is 25.0 Å². The highest BCUT2D eigenvalue weighted by atomic mass is 31.2. The van der Waals surface area contributed by atoms with Gasteiger partial charge in [-0.15, -0.1) is 0 Å². The second kappa shape index (κ2) is 7.82. The van der Waals surface area contributed by atoms with Crippen molar-refractivity contribution >= 4 is 30.9 Å². The van der Waals surface area contributed by atoms with Crippen LogP contribution in [0.25, 0.3) is 0 Å². The summed E-state index contributed by atoms with van der Waals surface area (Å²) in [6.07, 6.45) is 9.43. The quantitative estimate of drug-likeness (QED) is 0.332. The lowest BCUT2D eigenvalue weighted by molar-refractivity contribution is 0.903.